The van der Waals surface area contributed by atoms with E-state index in [1.54, 1.807) is 0 Å². The van der Waals surface area contributed by atoms with Crippen LogP contribution < -0.4 is 5.32 Å². The topological polar surface area (TPSA) is 62.2 Å². The molecule has 2 rings (SSSR count). The normalized spacial score (nSPS) is 22.0. The van der Waals surface area contributed by atoms with Crippen LogP contribution in [0.25, 0.3) is 0 Å². The number of aromatic nitrogens is 1. The number of rotatable bonds is 4. The number of halogens is 3. The Bertz CT molecular complexity index is 511. The van der Waals surface area contributed by atoms with Gasteiger partial charge in [-0.05, 0) is 24.7 Å². The van der Waals surface area contributed by atoms with Gasteiger partial charge in [-0.25, -0.2) is 4.98 Å². The molecular weight excluding hydrogens is 323 g/mol. The Morgan fingerprint density at radius 3 is 2.70 bits per heavy atom. The third kappa shape index (κ3) is 3.37. The van der Waals surface area contributed by atoms with Crippen molar-refractivity contribution in [2.75, 3.05) is 13.2 Å². The summed E-state index contributed by atoms with van der Waals surface area (Å²) in [5.41, 5.74) is 0.0691. The number of aliphatic hydroxyl groups is 1. The zero-order valence-corrected chi connectivity index (χ0v) is 13.0. The van der Waals surface area contributed by atoms with E-state index in [1.807, 2.05) is 0 Å². The molecule has 2 unspecified atom stereocenters. The molecule has 2 N–H and O–H groups in total. The highest BCUT2D eigenvalue weighted by Crippen LogP contribution is 2.32. The van der Waals surface area contributed by atoms with Gasteiger partial charge in [0.15, 0.2) is 0 Å². The van der Waals surface area contributed by atoms with Crippen molar-refractivity contribution in [2.45, 2.75) is 19.3 Å². The van der Waals surface area contributed by atoms with Gasteiger partial charge in [0.05, 0.1) is 15.1 Å². The van der Waals surface area contributed by atoms with Crippen molar-refractivity contribution in [1.29, 1.82) is 0 Å². The average Bonchev–Trinajstić information content (AvgIpc) is 2.90. The Balaban J connectivity index is 2.00. The smallest absolute Gasteiger partial charge is 0.271 e. The maximum atomic E-state index is 12.1. The average molecular weight is 338 g/mol. The quantitative estimate of drug-likeness (QED) is 0.887. The van der Waals surface area contributed by atoms with Gasteiger partial charge in [-0.15, -0.1) is 0 Å². The van der Waals surface area contributed by atoms with Gasteiger partial charge in [-0.1, -0.05) is 41.2 Å². The molecule has 4 nitrogen and oxygen atoms in total. The number of nitrogens with one attached hydrogen (secondary N) is 1. The van der Waals surface area contributed by atoms with Gasteiger partial charge in [-0.3, -0.25) is 4.79 Å². The van der Waals surface area contributed by atoms with Crippen LogP contribution in [-0.2, 0) is 0 Å². The first-order chi connectivity index (χ1) is 9.54. The first-order valence-corrected chi connectivity index (χ1v) is 7.56. The van der Waals surface area contributed by atoms with E-state index in [4.69, 9.17) is 34.8 Å². The van der Waals surface area contributed by atoms with Gasteiger partial charge in [0.2, 0.25) is 0 Å². The van der Waals surface area contributed by atoms with Crippen LogP contribution in [0.4, 0.5) is 0 Å². The second-order valence-electron chi connectivity index (χ2n) is 4.93. The van der Waals surface area contributed by atoms with Gasteiger partial charge in [0.1, 0.15) is 5.69 Å². The first-order valence-electron chi connectivity index (χ1n) is 6.43. The number of hydrogen-bond acceptors (Lipinski definition) is 3. The molecule has 0 spiro atoms. The lowest BCUT2D eigenvalue weighted by Crippen LogP contribution is -2.32. The minimum Gasteiger partial charge on any atom is -0.396 e. The van der Waals surface area contributed by atoms with Crippen LogP contribution in [0.5, 0.6) is 0 Å². The van der Waals surface area contributed by atoms with Crippen LogP contribution in [0.2, 0.25) is 15.1 Å². The number of pyridine rings is 1. The van der Waals surface area contributed by atoms with Gasteiger partial charge >= 0.3 is 0 Å². The molecule has 7 heteroatoms. The SMILES string of the molecule is O=C(NCC1CCCC1CO)c1ncc(Cl)c(Cl)c1Cl. The van der Waals surface area contributed by atoms with Crippen LogP contribution in [0.3, 0.4) is 0 Å². The van der Waals surface area contributed by atoms with E-state index < -0.39 is 0 Å². The summed E-state index contributed by atoms with van der Waals surface area (Å²) in [7, 11) is 0. The van der Waals surface area contributed by atoms with Crippen molar-refractivity contribution in [1.82, 2.24) is 10.3 Å². The molecule has 1 aliphatic rings. The number of nitrogens with zero attached hydrogens (tertiary/aromatic N) is 1. The lowest BCUT2D eigenvalue weighted by molar-refractivity contribution is 0.0933. The van der Waals surface area contributed by atoms with E-state index in [0.29, 0.717) is 12.5 Å². The Labute approximate surface area is 132 Å². The molecule has 0 bridgehead atoms. The first kappa shape index (κ1) is 15.8. The molecule has 1 aromatic heterocycles. The van der Waals surface area contributed by atoms with Gasteiger partial charge in [-0.2, -0.15) is 0 Å². The van der Waals surface area contributed by atoms with Crippen LogP contribution in [0.1, 0.15) is 29.8 Å². The number of aliphatic hydroxyl groups excluding tert-OH is 1. The van der Waals surface area contributed by atoms with Crippen LogP contribution in [0, 0.1) is 11.8 Å². The summed E-state index contributed by atoms with van der Waals surface area (Å²) < 4.78 is 0. The van der Waals surface area contributed by atoms with E-state index in [-0.39, 0.29) is 39.2 Å². The maximum absolute atomic E-state index is 12.1. The Morgan fingerprint density at radius 1 is 1.30 bits per heavy atom. The maximum Gasteiger partial charge on any atom is 0.271 e. The Hall–Kier alpha value is -0.550. The molecule has 0 aromatic carbocycles. The fourth-order valence-corrected chi connectivity index (χ4v) is 3.10. The minimum atomic E-state index is -0.378. The molecule has 1 saturated carbocycles. The van der Waals surface area contributed by atoms with Crippen LogP contribution in [-0.4, -0.2) is 29.1 Å². The van der Waals surface area contributed by atoms with Gasteiger partial charge < -0.3 is 10.4 Å². The van der Waals surface area contributed by atoms with Gasteiger partial charge in [0.25, 0.3) is 5.91 Å². The molecular formula is C13H15Cl3N2O2. The summed E-state index contributed by atoms with van der Waals surface area (Å²) in [6.45, 7) is 0.661. The lowest BCUT2D eigenvalue weighted by Gasteiger charge is -2.17. The van der Waals surface area contributed by atoms with Crippen LogP contribution >= 0.6 is 34.8 Å². The van der Waals surface area contributed by atoms with Crippen molar-refractivity contribution in [2.24, 2.45) is 11.8 Å². The molecule has 1 aliphatic carbocycles. The van der Waals surface area contributed by atoms with E-state index in [2.05, 4.69) is 10.3 Å². The van der Waals surface area contributed by atoms with Crippen molar-refractivity contribution in [3.05, 3.63) is 27.0 Å². The van der Waals surface area contributed by atoms with E-state index in [9.17, 15) is 9.90 Å². The molecule has 20 heavy (non-hydrogen) atoms. The highest BCUT2D eigenvalue weighted by molar-refractivity contribution is 6.48. The molecule has 2 atom stereocenters. The van der Waals surface area contributed by atoms with Crippen molar-refractivity contribution >= 4 is 40.7 Å². The fraction of sp³-hybridized carbons (Fsp3) is 0.538. The fourth-order valence-electron chi connectivity index (χ4n) is 2.53. The summed E-state index contributed by atoms with van der Waals surface area (Å²) in [6.07, 6.45) is 4.39. The predicted octanol–water partition coefficient (Wildman–Crippen LogP) is 3.18. The molecule has 1 amide bonds. The number of hydrogen-bond donors (Lipinski definition) is 2. The molecule has 1 fully saturated rings. The zero-order valence-electron chi connectivity index (χ0n) is 10.7. The zero-order chi connectivity index (χ0) is 14.7. The lowest BCUT2D eigenvalue weighted by atomic mass is 9.97. The highest BCUT2D eigenvalue weighted by atomic mass is 35.5. The van der Waals surface area contributed by atoms with Crippen molar-refractivity contribution in [3.63, 3.8) is 0 Å². The third-order valence-corrected chi connectivity index (χ3v) is 4.95. The standard InChI is InChI=1S/C13H15Cl3N2O2/c14-9-5-17-12(11(16)10(9)15)13(20)18-4-7-2-1-3-8(7)6-19/h5,7-8,19H,1-4,6H2,(H,18,20). The summed E-state index contributed by atoms with van der Waals surface area (Å²) in [4.78, 5) is 16.0. The van der Waals surface area contributed by atoms with Crippen LogP contribution in [0.15, 0.2) is 6.20 Å². The Kier molecular flexibility index (Phi) is 5.49. The number of carbonyl (C=O) groups excluding carboxylic acids is 1. The molecule has 1 heterocycles. The largest absolute Gasteiger partial charge is 0.396 e. The summed E-state index contributed by atoms with van der Waals surface area (Å²) >= 11 is 17.6. The number of amides is 1. The molecule has 0 saturated heterocycles. The van der Waals surface area contributed by atoms with E-state index in [1.165, 1.54) is 6.20 Å². The monoisotopic (exact) mass is 336 g/mol. The Morgan fingerprint density at radius 2 is 2.00 bits per heavy atom. The van der Waals surface area contributed by atoms with Crippen molar-refractivity contribution in [3.8, 4) is 0 Å². The summed E-state index contributed by atoms with van der Waals surface area (Å²) in [6, 6.07) is 0. The van der Waals surface area contributed by atoms with Crippen molar-refractivity contribution < 1.29 is 9.90 Å². The minimum absolute atomic E-state index is 0.0572. The molecule has 1 aromatic rings. The van der Waals surface area contributed by atoms with E-state index >= 15 is 0 Å². The molecule has 110 valence electrons. The molecule has 0 radical (unpaired) electrons. The summed E-state index contributed by atoms with van der Waals surface area (Å²) in [5.74, 6) is 0.176. The van der Waals surface area contributed by atoms with E-state index in [0.717, 1.165) is 19.3 Å². The molecule has 0 aliphatic heterocycles. The predicted molar refractivity (Wildman–Crippen MR) is 79.5 cm³/mol. The van der Waals surface area contributed by atoms with Gasteiger partial charge in [0, 0.05) is 19.3 Å². The third-order valence-electron chi connectivity index (χ3n) is 3.71. The second kappa shape index (κ2) is 6.94. The highest BCUT2D eigenvalue weighted by Gasteiger charge is 2.27. The second-order valence-corrected chi connectivity index (χ2v) is 6.09. The summed E-state index contributed by atoms with van der Waals surface area (Å²) in [5, 5.41) is 12.4. The number of carbonyl (C=O) groups is 1.